The minimum atomic E-state index is 1.18. The molecule has 3 heteroatoms. The average Bonchev–Trinajstić information content (AvgIpc) is 3.90. The number of hydrogen-bond acceptors (Lipinski definition) is 1. The van der Waals surface area contributed by atoms with Gasteiger partial charge in [-0.3, -0.25) is 0 Å². The van der Waals surface area contributed by atoms with E-state index in [9.17, 15) is 0 Å². The van der Waals surface area contributed by atoms with Gasteiger partial charge in [-0.25, -0.2) is 0 Å². The number of benzene rings is 9. The van der Waals surface area contributed by atoms with Gasteiger partial charge in [0, 0.05) is 53.1 Å². The lowest BCUT2D eigenvalue weighted by molar-refractivity contribution is 1.19. The van der Waals surface area contributed by atoms with Crippen molar-refractivity contribution >= 4 is 85.9 Å². The molecule has 0 atom stereocenters. The zero-order valence-electron chi connectivity index (χ0n) is 29.8. The highest BCUT2D eigenvalue weighted by Crippen LogP contribution is 2.41. The van der Waals surface area contributed by atoms with Gasteiger partial charge >= 0.3 is 0 Å². The van der Waals surface area contributed by atoms with Gasteiger partial charge in [0.1, 0.15) is 0 Å². The zero-order chi connectivity index (χ0) is 36.0. The molecule has 3 heterocycles. The lowest BCUT2D eigenvalue weighted by atomic mass is 10.0. The maximum atomic E-state index is 2.44. The molecule has 0 saturated heterocycles. The second kappa shape index (κ2) is 11.8. The minimum absolute atomic E-state index is 1.18. The highest BCUT2D eigenvalue weighted by atomic mass is 32.1. The molecular formula is C52H32N2S. The van der Waals surface area contributed by atoms with E-state index in [2.05, 4.69) is 203 Å². The van der Waals surface area contributed by atoms with E-state index in [0.29, 0.717) is 0 Å². The number of nitrogens with zero attached hydrogens (tertiary/aromatic N) is 2. The first-order valence-electron chi connectivity index (χ1n) is 18.8. The predicted octanol–water partition coefficient (Wildman–Crippen LogP) is 14.7. The van der Waals surface area contributed by atoms with E-state index < -0.39 is 0 Å². The molecule has 2 nitrogen and oxygen atoms in total. The molecule has 0 amide bonds. The molecule has 0 fully saturated rings. The molecule has 0 radical (unpaired) electrons. The van der Waals surface area contributed by atoms with E-state index in [-0.39, 0.29) is 0 Å². The molecule has 12 aromatic rings. The second-order valence-corrected chi connectivity index (χ2v) is 15.6. The number of fused-ring (bicyclic) bond motifs is 10. The Morgan fingerprint density at radius 2 is 0.745 bits per heavy atom. The Labute approximate surface area is 321 Å². The van der Waals surface area contributed by atoms with Crippen molar-refractivity contribution in [1.29, 1.82) is 0 Å². The lowest BCUT2D eigenvalue weighted by Crippen LogP contribution is -1.94. The molecule has 0 aliphatic heterocycles. The third-order valence-electron chi connectivity index (χ3n) is 11.5. The van der Waals surface area contributed by atoms with Gasteiger partial charge in [-0.05, 0) is 112 Å². The summed E-state index contributed by atoms with van der Waals surface area (Å²) in [5.74, 6) is 0. The monoisotopic (exact) mass is 716 g/mol. The summed E-state index contributed by atoms with van der Waals surface area (Å²) in [7, 11) is 0. The van der Waals surface area contributed by atoms with Crippen LogP contribution in [0.4, 0.5) is 0 Å². The second-order valence-electron chi connectivity index (χ2n) is 14.6. The standard InChI is InChI=1S/C52H32N2S/c1-2-10-33(11-3-1)36-21-26-51-45(31-36)46-32-40(23-27-52(46)55-51)54-48-17-9-7-15-42(48)44-30-38(20-25-50(44)54)37-19-24-49-43(29-37)41-14-6-8-16-47(41)53(49)39-22-18-34-12-4-5-13-35(34)28-39/h1-32H. The van der Waals surface area contributed by atoms with Crippen LogP contribution in [0.2, 0.25) is 0 Å². The van der Waals surface area contributed by atoms with Gasteiger partial charge in [0.05, 0.1) is 22.1 Å². The van der Waals surface area contributed by atoms with Crippen LogP contribution in [0.25, 0.3) is 108 Å². The van der Waals surface area contributed by atoms with E-state index in [1.165, 1.54) is 108 Å². The van der Waals surface area contributed by atoms with Gasteiger partial charge in [-0.1, -0.05) is 115 Å². The largest absolute Gasteiger partial charge is 0.309 e. The van der Waals surface area contributed by atoms with Crippen molar-refractivity contribution in [2.24, 2.45) is 0 Å². The molecule has 0 aliphatic rings. The van der Waals surface area contributed by atoms with Gasteiger partial charge in [0.15, 0.2) is 0 Å². The molecule has 0 saturated carbocycles. The number of hydrogen-bond donors (Lipinski definition) is 0. The van der Waals surface area contributed by atoms with Crippen LogP contribution < -0.4 is 0 Å². The van der Waals surface area contributed by atoms with E-state index in [1.54, 1.807) is 0 Å². The third-order valence-corrected chi connectivity index (χ3v) is 12.6. The van der Waals surface area contributed by atoms with Crippen LogP contribution in [0.15, 0.2) is 194 Å². The van der Waals surface area contributed by atoms with E-state index in [4.69, 9.17) is 0 Å². The molecule has 0 bridgehead atoms. The average molecular weight is 717 g/mol. The number of para-hydroxylation sites is 2. The quantitative estimate of drug-likeness (QED) is 0.172. The Hall–Kier alpha value is -6.94. The van der Waals surface area contributed by atoms with E-state index >= 15 is 0 Å². The van der Waals surface area contributed by atoms with Crippen LogP contribution in [0.3, 0.4) is 0 Å². The zero-order valence-corrected chi connectivity index (χ0v) is 30.6. The van der Waals surface area contributed by atoms with Crippen LogP contribution in [-0.4, -0.2) is 9.13 Å². The van der Waals surface area contributed by atoms with Crippen LogP contribution in [-0.2, 0) is 0 Å². The maximum Gasteiger partial charge on any atom is 0.0541 e. The van der Waals surface area contributed by atoms with Crippen molar-refractivity contribution in [3.63, 3.8) is 0 Å². The van der Waals surface area contributed by atoms with Crippen molar-refractivity contribution in [1.82, 2.24) is 9.13 Å². The number of rotatable bonds is 4. The van der Waals surface area contributed by atoms with Gasteiger partial charge < -0.3 is 9.13 Å². The highest BCUT2D eigenvalue weighted by molar-refractivity contribution is 7.25. The molecule has 0 unspecified atom stereocenters. The normalized spacial score (nSPS) is 12.0. The Bertz CT molecular complexity index is 3490. The fourth-order valence-electron chi connectivity index (χ4n) is 8.89. The highest BCUT2D eigenvalue weighted by Gasteiger charge is 2.17. The number of aromatic nitrogens is 2. The van der Waals surface area contributed by atoms with Crippen molar-refractivity contribution in [2.45, 2.75) is 0 Å². The molecule has 0 spiro atoms. The van der Waals surface area contributed by atoms with E-state index in [1.807, 2.05) is 11.3 Å². The molecule has 12 rings (SSSR count). The van der Waals surface area contributed by atoms with Gasteiger partial charge in [-0.15, -0.1) is 11.3 Å². The van der Waals surface area contributed by atoms with Gasteiger partial charge in [-0.2, -0.15) is 0 Å². The van der Waals surface area contributed by atoms with Crippen molar-refractivity contribution in [2.75, 3.05) is 0 Å². The summed E-state index contributed by atoms with van der Waals surface area (Å²) in [6, 6.07) is 71.5. The predicted molar refractivity (Wildman–Crippen MR) is 236 cm³/mol. The topological polar surface area (TPSA) is 9.86 Å². The van der Waals surface area contributed by atoms with Crippen LogP contribution in [0.5, 0.6) is 0 Å². The first-order chi connectivity index (χ1) is 27.2. The molecular weight excluding hydrogens is 685 g/mol. The summed E-state index contributed by atoms with van der Waals surface area (Å²) in [6.07, 6.45) is 0. The minimum Gasteiger partial charge on any atom is -0.309 e. The summed E-state index contributed by atoms with van der Waals surface area (Å²) in [5.41, 5.74) is 12.1. The lowest BCUT2D eigenvalue weighted by Gasteiger charge is -2.10. The first-order valence-corrected chi connectivity index (χ1v) is 19.6. The summed E-state index contributed by atoms with van der Waals surface area (Å²) < 4.78 is 7.48. The SMILES string of the molecule is c1ccc(-c2ccc3sc4ccc(-n5c6ccccc6c6cc(-c7ccc8c(c7)c7ccccc7n8-c7ccc8ccccc8c7)ccc65)cc4c3c2)cc1. The van der Waals surface area contributed by atoms with Crippen molar-refractivity contribution < 1.29 is 0 Å². The summed E-state index contributed by atoms with van der Waals surface area (Å²) in [4.78, 5) is 0. The third kappa shape index (κ3) is 4.67. The number of thiophene rings is 1. The van der Waals surface area contributed by atoms with Crippen LogP contribution in [0, 0.1) is 0 Å². The van der Waals surface area contributed by atoms with E-state index in [0.717, 1.165) is 0 Å². The summed E-state index contributed by atoms with van der Waals surface area (Å²) >= 11 is 1.87. The van der Waals surface area contributed by atoms with Gasteiger partial charge in [0.2, 0.25) is 0 Å². The first kappa shape index (κ1) is 30.5. The summed E-state index contributed by atoms with van der Waals surface area (Å²) in [6.45, 7) is 0. The summed E-state index contributed by atoms with van der Waals surface area (Å²) in [5, 5.41) is 10.1. The molecule has 0 N–H and O–H groups in total. The molecule has 9 aromatic carbocycles. The van der Waals surface area contributed by atoms with Crippen LogP contribution >= 0.6 is 11.3 Å². The Morgan fingerprint density at radius 3 is 1.44 bits per heavy atom. The fourth-order valence-corrected chi connectivity index (χ4v) is 9.96. The maximum absolute atomic E-state index is 2.44. The molecule has 55 heavy (non-hydrogen) atoms. The van der Waals surface area contributed by atoms with Crippen molar-refractivity contribution in [3.05, 3.63) is 194 Å². The smallest absolute Gasteiger partial charge is 0.0541 e. The van der Waals surface area contributed by atoms with Crippen molar-refractivity contribution in [3.8, 4) is 33.6 Å². The Balaban J connectivity index is 1.01. The Morgan fingerprint density at radius 1 is 0.273 bits per heavy atom. The van der Waals surface area contributed by atoms with Crippen LogP contribution in [0.1, 0.15) is 0 Å². The Kier molecular flexibility index (Phi) is 6.54. The molecule has 256 valence electrons. The molecule has 3 aromatic heterocycles. The fraction of sp³-hybridized carbons (Fsp3) is 0. The molecule has 0 aliphatic carbocycles. The van der Waals surface area contributed by atoms with Gasteiger partial charge in [0.25, 0.3) is 0 Å².